The van der Waals surface area contributed by atoms with Gasteiger partial charge in [0.1, 0.15) is 10.8 Å². The fraction of sp³-hybridized carbons (Fsp3) is 0.360. The summed E-state index contributed by atoms with van der Waals surface area (Å²) in [6.07, 6.45) is 3.98. The molecule has 3 N–H and O–H groups in total. The summed E-state index contributed by atoms with van der Waals surface area (Å²) in [6.45, 7) is 7.06. The first-order chi connectivity index (χ1) is 16.7. The highest BCUT2D eigenvalue weighted by atomic mass is 35.5. The number of anilines is 4. The number of aromatic nitrogens is 2. The van der Waals surface area contributed by atoms with Crippen LogP contribution in [-0.4, -0.2) is 30.2 Å². The van der Waals surface area contributed by atoms with Gasteiger partial charge in [-0.2, -0.15) is 4.98 Å². The molecule has 8 nitrogen and oxygen atoms in total. The summed E-state index contributed by atoms with van der Waals surface area (Å²) >= 11 is 6.33. The number of hydrogen-bond acceptors (Lipinski definition) is 7. The lowest BCUT2D eigenvalue weighted by molar-refractivity contribution is 0.313. The summed E-state index contributed by atoms with van der Waals surface area (Å²) in [5.41, 5.74) is 4.57. The van der Waals surface area contributed by atoms with Crippen molar-refractivity contribution < 1.29 is 13.2 Å². The van der Waals surface area contributed by atoms with Crippen LogP contribution in [-0.2, 0) is 16.6 Å². The molecule has 0 spiro atoms. The average molecular weight is 516 g/mol. The molecular weight excluding hydrogens is 486 g/mol. The first-order valence-corrected chi connectivity index (χ1v) is 13.6. The molecule has 1 saturated carbocycles. The van der Waals surface area contributed by atoms with Gasteiger partial charge in [-0.3, -0.25) is 0 Å². The van der Waals surface area contributed by atoms with Crippen molar-refractivity contribution in [3.05, 3.63) is 64.3 Å². The van der Waals surface area contributed by atoms with Crippen molar-refractivity contribution in [2.24, 2.45) is 0 Å². The third-order valence-corrected chi connectivity index (χ3v) is 7.74. The van der Waals surface area contributed by atoms with Gasteiger partial charge in [0.25, 0.3) is 0 Å². The molecule has 35 heavy (non-hydrogen) atoms. The fourth-order valence-electron chi connectivity index (χ4n) is 3.62. The lowest BCUT2D eigenvalue weighted by atomic mass is 10.1. The van der Waals surface area contributed by atoms with E-state index in [2.05, 4.69) is 32.2 Å². The number of benzene rings is 2. The van der Waals surface area contributed by atoms with E-state index in [4.69, 9.17) is 16.3 Å². The monoisotopic (exact) mass is 515 g/mol. The van der Waals surface area contributed by atoms with Crippen molar-refractivity contribution in [1.82, 2.24) is 14.7 Å². The molecule has 0 saturated heterocycles. The van der Waals surface area contributed by atoms with E-state index in [0.717, 1.165) is 53.1 Å². The van der Waals surface area contributed by atoms with Crippen molar-refractivity contribution in [1.29, 1.82) is 0 Å². The quantitative estimate of drug-likeness (QED) is 0.305. The predicted molar refractivity (Wildman–Crippen MR) is 141 cm³/mol. The number of hydrogen-bond donors (Lipinski definition) is 3. The molecule has 1 aliphatic rings. The molecule has 186 valence electrons. The minimum atomic E-state index is -3.21. The Hall–Kier alpha value is -2.88. The van der Waals surface area contributed by atoms with E-state index in [9.17, 15) is 8.42 Å². The maximum atomic E-state index is 12.0. The summed E-state index contributed by atoms with van der Waals surface area (Å²) in [5.74, 6) is 1.77. The molecule has 3 aromatic rings. The van der Waals surface area contributed by atoms with Gasteiger partial charge in [-0.25, -0.2) is 18.1 Å². The minimum absolute atomic E-state index is 0.230. The van der Waals surface area contributed by atoms with E-state index in [-0.39, 0.29) is 11.8 Å². The van der Waals surface area contributed by atoms with Gasteiger partial charge in [-0.05, 0) is 74.1 Å². The highest BCUT2D eigenvalue weighted by Gasteiger charge is 2.35. The summed E-state index contributed by atoms with van der Waals surface area (Å²) in [7, 11) is -3.21. The largest absolute Gasteiger partial charge is 0.493 e. The summed E-state index contributed by atoms with van der Waals surface area (Å²) in [5, 5.41) is 6.59. The third kappa shape index (κ3) is 6.62. The second-order valence-electron chi connectivity index (χ2n) is 8.69. The Bertz CT molecular complexity index is 1270. The lowest BCUT2D eigenvalue weighted by Gasteiger charge is -2.15. The first kappa shape index (κ1) is 25.2. The van der Waals surface area contributed by atoms with Crippen LogP contribution in [0.15, 0.2) is 42.6 Å². The van der Waals surface area contributed by atoms with Gasteiger partial charge in [0, 0.05) is 17.9 Å². The second kappa shape index (κ2) is 10.8. The molecule has 0 amide bonds. The molecular formula is C25H30ClN5O3S. The highest BCUT2D eigenvalue weighted by Crippen LogP contribution is 2.30. The third-order valence-electron chi connectivity index (χ3n) is 5.57. The van der Waals surface area contributed by atoms with Crippen molar-refractivity contribution in [2.75, 3.05) is 17.2 Å². The van der Waals surface area contributed by atoms with E-state index in [1.807, 2.05) is 50.2 Å². The Balaban J connectivity index is 1.42. The standard InChI is InChI=1S/C25H30ClN5O3S/c1-4-11-34-23-16(2)12-20(13-17(23)3)30-25-27-15-22(26)24(31-25)29-19-7-5-18(6-8-19)14-28-35(32,33)21-9-10-21/h5-8,12-13,15,21,28H,4,9-11,14H2,1-3H3,(H2,27,29,30,31). The van der Waals surface area contributed by atoms with E-state index >= 15 is 0 Å². The Morgan fingerprint density at radius 2 is 1.74 bits per heavy atom. The van der Waals surface area contributed by atoms with Crippen molar-refractivity contribution >= 4 is 44.8 Å². The fourth-order valence-corrected chi connectivity index (χ4v) is 5.12. The Labute approximate surface area is 211 Å². The van der Waals surface area contributed by atoms with Gasteiger partial charge in [-0.15, -0.1) is 0 Å². The molecule has 4 rings (SSSR count). The van der Waals surface area contributed by atoms with Gasteiger partial charge >= 0.3 is 0 Å². The molecule has 2 aromatic carbocycles. The second-order valence-corrected chi connectivity index (χ2v) is 11.1. The smallest absolute Gasteiger partial charge is 0.229 e. The number of nitrogens with zero attached hydrogens (tertiary/aromatic N) is 2. The number of halogens is 1. The average Bonchev–Trinajstić information content (AvgIpc) is 3.67. The molecule has 1 fully saturated rings. The zero-order valence-electron chi connectivity index (χ0n) is 20.1. The normalized spacial score (nSPS) is 13.5. The van der Waals surface area contributed by atoms with Crippen molar-refractivity contribution in [2.45, 2.75) is 51.8 Å². The number of nitrogens with one attached hydrogen (secondary N) is 3. The number of ether oxygens (including phenoxy) is 1. The molecule has 1 aliphatic carbocycles. The van der Waals surface area contributed by atoms with Crippen molar-refractivity contribution in [3.8, 4) is 5.75 Å². The van der Waals surface area contributed by atoms with Crippen LogP contribution in [0.4, 0.5) is 23.1 Å². The molecule has 0 radical (unpaired) electrons. The molecule has 0 bridgehead atoms. The molecule has 1 heterocycles. The van der Waals surface area contributed by atoms with E-state index in [1.165, 1.54) is 0 Å². The summed E-state index contributed by atoms with van der Waals surface area (Å²) < 4.78 is 32.5. The minimum Gasteiger partial charge on any atom is -0.493 e. The van der Waals surface area contributed by atoms with Gasteiger partial charge in [-0.1, -0.05) is 30.7 Å². The van der Waals surface area contributed by atoms with Crippen molar-refractivity contribution in [3.63, 3.8) is 0 Å². The number of sulfonamides is 1. The van der Waals surface area contributed by atoms with Gasteiger partial charge in [0.2, 0.25) is 16.0 Å². The SMILES string of the molecule is CCCOc1c(C)cc(Nc2ncc(Cl)c(Nc3ccc(CNS(=O)(=O)C4CC4)cc3)n2)cc1C. The van der Waals surface area contributed by atoms with Crippen LogP contribution in [0.2, 0.25) is 5.02 Å². The van der Waals surface area contributed by atoms with E-state index in [1.54, 1.807) is 6.20 Å². The zero-order chi connectivity index (χ0) is 25.0. The van der Waals surface area contributed by atoms with Crippen LogP contribution in [0.1, 0.15) is 42.9 Å². The first-order valence-electron chi connectivity index (χ1n) is 11.6. The molecule has 0 unspecified atom stereocenters. The maximum Gasteiger partial charge on any atom is 0.229 e. The Kier molecular flexibility index (Phi) is 7.78. The lowest BCUT2D eigenvalue weighted by Crippen LogP contribution is -2.26. The van der Waals surface area contributed by atoms with Crippen LogP contribution in [0, 0.1) is 13.8 Å². The van der Waals surface area contributed by atoms with Gasteiger partial charge in [0.05, 0.1) is 18.1 Å². The molecule has 0 aliphatic heterocycles. The van der Waals surface area contributed by atoms with Crippen LogP contribution in [0.3, 0.4) is 0 Å². The Morgan fingerprint density at radius 1 is 1.06 bits per heavy atom. The van der Waals surface area contributed by atoms with E-state index < -0.39 is 10.0 Å². The molecule has 1 aromatic heterocycles. The van der Waals surface area contributed by atoms with E-state index in [0.29, 0.717) is 23.4 Å². The molecule has 0 atom stereocenters. The highest BCUT2D eigenvalue weighted by molar-refractivity contribution is 7.90. The maximum absolute atomic E-state index is 12.0. The number of rotatable bonds is 11. The van der Waals surface area contributed by atoms with Gasteiger partial charge < -0.3 is 15.4 Å². The summed E-state index contributed by atoms with van der Waals surface area (Å²) in [6, 6.07) is 11.4. The van der Waals surface area contributed by atoms with Crippen LogP contribution in [0.25, 0.3) is 0 Å². The summed E-state index contributed by atoms with van der Waals surface area (Å²) in [4.78, 5) is 8.82. The predicted octanol–water partition coefficient (Wildman–Crippen LogP) is 5.60. The molecule has 10 heteroatoms. The van der Waals surface area contributed by atoms with Crippen LogP contribution < -0.4 is 20.1 Å². The topological polar surface area (TPSA) is 105 Å². The number of aryl methyl sites for hydroxylation is 2. The zero-order valence-corrected chi connectivity index (χ0v) is 21.6. The Morgan fingerprint density at radius 3 is 2.37 bits per heavy atom. The van der Waals surface area contributed by atoms with Crippen LogP contribution >= 0.6 is 11.6 Å². The van der Waals surface area contributed by atoms with Gasteiger partial charge in [0.15, 0.2) is 5.82 Å². The van der Waals surface area contributed by atoms with Crippen LogP contribution in [0.5, 0.6) is 5.75 Å².